The van der Waals surface area contributed by atoms with Gasteiger partial charge in [0.05, 0.1) is 26.9 Å². The summed E-state index contributed by atoms with van der Waals surface area (Å²) in [6.45, 7) is 9.00. The van der Waals surface area contributed by atoms with Gasteiger partial charge in [-0.1, -0.05) is 24.3 Å². The Labute approximate surface area is 162 Å². The summed E-state index contributed by atoms with van der Waals surface area (Å²) in [5, 5.41) is 0. The molecular weight excluding hydrogens is 340 g/mol. The fourth-order valence-electron chi connectivity index (χ4n) is 3.89. The highest BCUT2D eigenvalue weighted by atomic mass is 16.5. The standard InChI is InChI=1S/C22H30N2O3/c1-17-7-5-6-8-18(17)15-23-9-11-24(12-10-23)16-19-13-21(26-3)22(27-4)14-20(19)25-2/h5-8,13-14H,9-12,15-16H2,1-4H3/p+2. The van der Waals surface area contributed by atoms with E-state index in [0.29, 0.717) is 5.75 Å². The van der Waals surface area contributed by atoms with Gasteiger partial charge in [0.2, 0.25) is 0 Å². The van der Waals surface area contributed by atoms with Crippen LogP contribution in [0.4, 0.5) is 0 Å². The Bertz CT molecular complexity index is 755. The maximum absolute atomic E-state index is 5.59. The van der Waals surface area contributed by atoms with E-state index in [-0.39, 0.29) is 0 Å². The Morgan fingerprint density at radius 2 is 1.22 bits per heavy atom. The lowest BCUT2D eigenvalue weighted by Gasteiger charge is -2.30. The Kier molecular flexibility index (Phi) is 6.58. The van der Waals surface area contributed by atoms with Crippen LogP contribution in [0.3, 0.4) is 0 Å². The van der Waals surface area contributed by atoms with Gasteiger partial charge >= 0.3 is 0 Å². The molecule has 1 aliphatic heterocycles. The summed E-state index contributed by atoms with van der Waals surface area (Å²) in [6, 6.07) is 12.7. The van der Waals surface area contributed by atoms with Crippen LogP contribution < -0.4 is 24.0 Å². The lowest BCUT2D eigenvalue weighted by atomic mass is 10.1. The summed E-state index contributed by atoms with van der Waals surface area (Å²) in [4.78, 5) is 3.27. The molecule has 2 aromatic rings. The molecule has 2 aromatic carbocycles. The first-order chi connectivity index (χ1) is 13.1. The van der Waals surface area contributed by atoms with E-state index < -0.39 is 0 Å². The molecule has 0 unspecified atom stereocenters. The van der Waals surface area contributed by atoms with Gasteiger partial charge in [0, 0.05) is 11.6 Å². The highest BCUT2D eigenvalue weighted by Gasteiger charge is 2.25. The third-order valence-corrected chi connectivity index (χ3v) is 5.59. The first kappa shape index (κ1) is 19.5. The van der Waals surface area contributed by atoms with E-state index in [1.165, 1.54) is 42.9 Å². The van der Waals surface area contributed by atoms with Gasteiger partial charge in [-0.15, -0.1) is 0 Å². The Morgan fingerprint density at radius 1 is 0.704 bits per heavy atom. The highest BCUT2D eigenvalue weighted by molar-refractivity contribution is 5.50. The molecule has 3 rings (SSSR count). The molecule has 2 N–H and O–H groups in total. The van der Waals surface area contributed by atoms with Crippen LogP contribution in [0.5, 0.6) is 17.2 Å². The molecule has 0 bridgehead atoms. The lowest BCUT2D eigenvalue weighted by Crippen LogP contribution is -3.27. The molecule has 0 aliphatic carbocycles. The van der Waals surface area contributed by atoms with Crippen molar-refractivity contribution in [3.8, 4) is 17.2 Å². The summed E-state index contributed by atoms with van der Waals surface area (Å²) in [5.74, 6) is 2.34. The van der Waals surface area contributed by atoms with Crippen molar-refractivity contribution in [2.75, 3.05) is 47.5 Å². The largest absolute Gasteiger partial charge is 0.496 e. The fraction of sp³-hybridized carbons (Fsp3) is 0.455. The van der Waals surface area contributed by atoms with Gasteiger partial charge in [0.1, 0.15) is 45.0 Å². The van der Waals surface area contributed by atoms with E-state index in [9.17, 15) is 0 Å². The van der Waals surface area contributed by atoms with Crippen LogP contribution >= 0.6 is 0 Å². The molecular formula is C22H32N2O3+2. The third kappa shape index (κ3) is 4.73. The first-order valence-corrected chi connectivity index (χ1v) is 9.65. The third-order valence-electron chi connectivity index (χ3n) is 5.59. The van der Waals surface area contributed by atoms with Gasteiger partial charge < -0.3 is 24.0 Å². The maximum Gasteiger partial charge on any atom is 0.164 e. The molecule has 0 atom stereocenters. The van der Waals surface area contributed by atoms with E-state index in [4.69, 9.17) is 14.2 Å². The molecule has 1 saturated heterocycles. The van der Waals surface area contributed by atoms with E-state index in [1.807, 2.05) is 6.07 Å². The van der Waals surface area contributed by atoms with Crippen molar-refractivity contribution in [1.29, 1.82) is 0 Å². The Hall–Kier alpha value is -2.24. The number of quaternary nitrogens is 2. The van der Waals surface area contributed by atoms with E-state index in [0.717, 1.165) is 24.6 Å². The number of benzene rings is 2. The van der Waals surface area contributed by atoms with Crippen LogP contribution in [-0.2, 0) is 13.1 Å². The number of ether oxygens (including phenoxy) is 3. The van der Waals surface area contributed by atoms with Crippen molar-refractivity contribution < 1.29 is 24.0 Å². The zero-order valence-electron chi connectivity index (χ0n) is 16.9. The molecule has 1 fully saturated rings. The second-order valence-corrected chi connectivity index (χ2v) is 7.30. The fourth-order valence-corrected chi connectivity index (χ4v) is 3.89. The predicted molar refractivity (Wildman–Crippen MR) is 106 cm³/mol. The average Bonchev–Trinajstić information content (AvgIpc) is 2.70. The summed E-state index contributed by atoms with van der Waals surface area (Å²) < 4.78 is 16.4. The zero-order valence-corrected chi connectivity index (χ0v) is 16.9. The quantitative estimate of drug-likeness (QED) is 0.743. The predicted octanol–water partition coefficient (Wildman–Crippen LogP) is 0.504. The van der Waals surface area contributed by atoms with Crippen molar-refractivity contribution in [1.82, 2.24) is 0 Å². The smallest absolute Gasteiger partial charge is 0.164 e. The normalized spacial score (nSPS) is 19.6. The van der Waals surface area contributed by atoms with Gasteiger partial charge in [0.25, 0.3) is 0 Å². The number of hydrogen-bond donors (Lipinski definition) is 2. The summed E-state index contributed by atoms with van der Waals surface area (Å²) in [6.07, 6.45) is 0. The number of rotatable bonds is 7. The minimum atomic E-state index is 0.709. The number of nitrogens with one attached hydrogen (secondary N) is 2. The van der Waals surface area contributed by atoms with Gasteiger partial charge in [-0.25, -0.2) is 0 Å². The van der Waals surface area contributed by atoms with Crippen molar-refractivity contribution >= 4 is 0 Å². The molecule has 5 nitrogen and oxygen atoms in total. The first-order valence-electron chi connectivity index (χ1n) is 9.65. The number of methoxy groups -OCH3 is 3. The van der Waals surface area contributed by atoms with Crippen molar-refractivity contribution in [2.24, 2.45) is 0 Å². The van der Waals surface area contributed by atoms with Gasteiger partial charge in [-0.05, 0) is 18.6 Å². The van der Waals surface area contributed by atoms with Gasteiger partial charge in [-0.2, -0.15) is 0 Å². The molecule has 5 heteroatoms. The van der Waals surface area contributed by atoms with E-state index >= 15 is 0 Å². The summed E-state index contributed by atoms with van der Waals surface area (Å²) in [5.41, 5.74) is 4.04. The molecule has 0 amide bonds. The van der Waals surface area contributed by atoms with Crippen LogP contribution in [0.15, 0.2) is 36.4 Å². The monoisotopic (exact) mass is 372 g/mol. The van der Waals surface area contributed by atoms with Crippen LogP contribution in [0, 0.1) is 6.92 Å². The zero-order chi connectivity index (χ0) is 19.2. The SMILES string of the molecule is COc1cc(OC)c(OC)cc1C[NH+]1CC[NH+](Cc2ccccc2C)CC1. The summed E-state index contributed by atoms with van der Waals surface area (Å²) in [7, 11) is 5.04. The molecule has 146 valence electrons. The second kappa shape index (κ2) is 9.11. The molecule has 0 spiro atoms. The molecule has 0 radical (unpaired) electrons. The molecule has 1 heterocycles. The number of piperazine rings is 1. The van der Waals surface area contributed by atoms with Crippen LogP contribution in [0.2, 0.25) is 0 Å². The molecule has 0 aromatic heterocycles. The van der Waals surface area contributed by atoms with Crippen LogP contribution in [0.25, 0.3) is 0 Å². The van der Waals surface area contributed by atoms with E-state index in [1.54, 1.807) is 31.1 Å². The van der Waals surface area contributed by atoms with E-state index in [2.05, 4.69) is 37.3 Å². The Balaban J connectivity index is 1.61. The van der Waals surface area contributed by atoms with Gasteiger partial charge in [-0.3, -0.25) is 0 Å². The van der Waals surface area contributed by atoms with Crippen molar-refractivity contribution in [2.45, 2.75) is 20.0 Å². The van der Waals surface area contributed by atoms with Crippen molar-refractivity contribution in [3.05, 3.63) is 53.1 Å². The van der Waals surface area contributed by atoms with Gasteiger partial charge in [0.15, 0.2) is 11.5 Å². The number of aryl methyl sites for hydroxylation is 1. The molecule has 27 heavy (non-hydrogen) atoms. The molecule has 0 saturated carbocycles. The maximum atomic E-state index is 5.59. The second-order valence-electron chi connectivity index (χ2n) is 7.30. The van der Waals surface area contributed by atoms with Crippen molar-refractivity contribution in [3.63, 3.8) is 0 Å². The highest BCUT2D eigenvalue weighted by Crippen LogP contribution is 2.34. The summed E-state index contributed by atoms with van der Waals surface area (Å²) >= 11 is 0. The minimum Gasteiger partial charge on any atom is -0.496 e. The lowest BCUT2D eigenvalue weighted by molar-refractivity contribution is -1.02. The molecule has 1 aliphatic rings. The average molecular weight is 373 g/mol. The minimum absolute atomic E-state index is 0.709. The van der Waals surface area contributed by atoms with Crippen LogP contribution in [-0.4, -0.2) is 47.5 Å². The van der Waals surface area contributed by atoms with Crippen LogP contribution in [0.1, 0.15) is 16.7 Å². The topological polar surface area (TPSA) is 36.6 Å². The number of hydrogen-bond acceptors (Lipinski definition) is 3. The Morgan fingerprint density at radius 3 is 1.78 bits per heavy atom.